The smallest absolute Gasteiger partial charge is 0.225 e. The van der Waals surface area contributed by atoms with Gasteiger partial charge in [0.25, 0.3) is 0 Å². The van der Waals surface area contributed by atoms with E-state index >= 15 is 0 Å². The minimum Gasteiger partial charge on any atom is -0.326 e. The fraction of sp³-hybridized carbons (Fsp3) is 0.385. The summed E-state index contributed by atoms with van der Waals surface area (Å²) in [5.74, 6) is 0.564. The maximum Gasteiger partial charge on any atom is 0.225 e. The van der Waals surface area contributed by atoms with Crippen LogP contribution in [0.15, 0.2) is 23.6 Å². The molecule has 4 N–H and O–H groups in total. The summed E-state index contributed by atoms with van der Waals surface area (Å²) in [4.78, 5) is 9.93. The van der Waals surface area contributed by atoms with Crippen molar-refractivity contribution < 1.29 is 0 Å². The van der Waals surface area contributed by atoms with Gasteiger partial charge in [0.2, 0.25) is 5.95 Å². The first-order chi connectivity index (χ1) is 9.13. The molecule has 1 atom stereocenters. The summed E-state index contributed by atoms with van der Waals surface area (Å²) < 4.78 is 0. The van der Waals surface area contributed by atoms with Crippen molar-refractivity contribution in [2.75, 3.05) is 11.9 Å². The second-order valence-corrected chi connectivity index (χ2v) is 5.41. The second-order valence-electron chi connectivity index (χ2n) is 4.38. The van der Waals surface area contributed by atoms with Crippen molar-refractivity contribution in [1.82, 2.24) is 15.3 Å². The Morgan fingerprint density at radius 1 is 1.32 bits per heavy atom. The zero-order chi connectivity index (χ0) is 13.7. The molecule has 0 radical (unpaired) electrons. The molecule has 0 aliphatic rings. The predicted octanol–water partition coefficient (Wildman–Crippen LogP) is 1.64. The minimum atomic E-state index is -0.346. The number of nitrogens with zero attached hydrogens (tertiary/aromatic N) is 2. The number of aromatic nitrogens is 2. The Bertz CT molecular complexity index is 492. The second kappa shape index (κ2) is 6.60. The first-order valence-corrected chi connectivity index (χ1v) is 7.11. The van der Waals surface area contributed by atoms with Gasteiger partial charge in [0.1, 0.15) is 6.29 Å². The van der Waals surface area contributed by atoms with Gasteiger partial charge < -0.3 is 5.32 Å². The number of nitrogens with one attached hydrogen (secondary N) is 2. The average Bonchev–Trinajstić information content (AvgIpc) is 2.80. The van der Waals surface area contributed by atoms with Gasteiger partial charge in [-0.2, -0.15) is 0 Å². The summed E-state index contributed by atoms with van der Waals surface area (Å²) in [5.41, 5.74) is 7.81. The highest BCUT2D eigenvalue weighted by Crippen LogP contribution is 2.08. The van der Waals surface area contributed by atoms with E-state index in [2.05, 4.69) is 38.1 Å². The Balaban J connectivity index is 1.78. The molecule has 1 unspecified atom stereocenters. The van der Waals surface area contributed by atoms with E-state index in [1.807, 2.05) is 19.9 Å². The van der Waals surface area contributed by atoms with Gasteiger partial charge in [-0.25, -0.2) is 9.97 Å². The summed E-state index contributed by atoms with van der Waals surface area (Å²) in [5, 5.41) is 8.33. The monoisotopic (exact) mass is 277 g/mol. The molecule has 102 valence electrons. The summed E-state index contributed by atoms with van der Waals surface area (Å²) in [6, 6.07) is 6.11. The number of thiophene rings is 1. The van der Waals surface area contributed by atoms with Gasteiger partial charge in [0.15, 0.2) is 0 Å². The van der Waals surface area contributed by atoms with E-state index in [-0.39, 0.29) is 6.29 Å². The maximum absolute atomic E-state index is 5.95. The van der Waals surface area contributed by atoms with Crippen LogP contribution in [0.3, 0.4) is 0 Å². The number of hydrogen-bond acceptors (Lipinski definition) is 6. The number of nitrogens with two attached hydrogens (primary N) is 1. The Morgan fingerprint density at radius 3 is 2.68 bits per heavy atom. The lowest BCUT2D eigenvalue weighted by molar-refractivity contribution is 0.577. The van der Waals surface area contributed by atoms with E-state index in [0.717, 1.165) is 24.4 Å². The standard InChI is InChI=1S/C13H19N5S/c1-9-8-10(2)17-13(16-9)18-12(14)15-6-5-11-4-3-7-19-11/h3-4,7-8,12,15H,5-6,14H2,1-2H3,(H,16,17,18). The van der Waals surface area contributed by atoms with Crippen LogP contribution in [0.25, 0.3) is 0 Å². The lowest BCUT2D eigenvalue weighted by Gasteiger charge is -2.15. The van der Waals surface area contributed by atoms with Crippen molar-refractivity contribution in [2.24, 2.45) is 5.73 Å². The zero-order valence-corrected chi connectivity index (χ0v) is 12.0. The van der Waals surface area contributed by atoms with Crippen LogP contribution in [0.4, 0.5) is 5.95 Å². The Kier molecular flexibility index (Phi) is 4.84. The SMILES string of the molecule is Cc1cc(C)nc(NC(N)NCCc2cccs2)n1. The molecular formula is C13H19N5S. The van der Waals surface area contributed by atoms with Crippen LogP contribution in [-0.2, 0) is 6.42 Å². The van der Waals surface area contributed by atoms with E-state index in [4.69, 9.17) is 5.73 Å². The molecule has 0 saturated heterocycles. The molecule has 2 aromatic rings. The van der Waals surface area contributed by atoms with Crippen molar-refractivity contribution in [1.29, 1.82) is 0 Å². The third kappa shape index (κ3) is 4.59. The lowest BCUT2D eigenvalue weighted by Crippen LogP contribution is -2.45. The van der Waals surface area contributed by atoms with Crippen LogP contribution in [0.1, 0.15) is 16.3 Å². The van der Waals surface area contributed by atoms with E-state index in [1.54, 1.807) is 11.3 Å². The molecule has 19 heavy (non-hydrogen) atoms. The van der Waals surface area contributed by atoms with Gasteiger partial charge >= 0.3 is 0 Å². The Labute approximate surface area is 117 Å². The quantitative estimate of drug-likeness (QED) is 0.700. The van der Waals surface area contributed by atoms with Crippen molar-refractivity contribution >= 4 is 17.3 Å². The molecule has 0 saturated carbocycles. The summed E-state index contributed by atoms with van der Waals surface area (Å²) >= 11 is 1.76. The summed E-state index contributed by atoms with van der Waals surface area (Å²) in [7, 11) is 0. The van der Waals surface area contributed by atoms with Crippen LogP contribution in [-0.4, -0.2) is 22.8 Å². The largest absolute Gasteiger partial charge is 0.326 e. The normalized spacial score (nSPS) is 12.4. The first-order valence-electron chi connectivity index (χ1n) is 6.23. The van der Waals surface area contributed by atoms with Crippen LogP contribution in [0, 0.1) is 13.8 Å². The fourth-order valence-electron chi connectivity index (χ4n) is 1.79. The van der Waals surface area contributed by atoms with Gasteiger partial charge in [-0.15, -0.1) is 11.3 Å². The maximum atomic E-state index is 5.95. The van der Waals surface area contributed by atoms with Crippen LogP contribution in [0.5, 0.6) is 0 Å². The van der Waals surface area contributed by atoms with Gasteiger partial charge in [-0.1, -0.05) is 6.07 Å². The summed E-state index contributed by atoms with van der Waals surface area (Å²) in [6.45, 7) is 4.70. The molecule has 0 spiro atoms. The lowest BCUT2D eigenvalue weighted by atomic mass is 10.3. The first kappa shape index (κ1) is 13.9. The van der Waals surface area contributed by atoms with Crippen LogP contribution >= 0.6 is 11.3 Å². The topological polar surface area (TPSA) is 75.9 Å². The predicted molar refractivity (Wildman–Crippen MR) is 79.1 cm³/mol. The van der Waals surface area contributed by atoms with Gasteiger partial charge in [0.05, 0.1) is 0 Å². The molecule has 5 nitrogen and oxygen atoms in total. The zero-order valence-electron chi connectivity index (χ0n) is 11.2. The molecule has 6 heteroatoms. The summed E-state index contributed by atoms with van der Waals surface area (Å²) in [6.07, 6.45) is 0.627. The highest BCUT2D eigenvalue weighted by atomic mass is 32.1. The van der Waals surface area contributed by atoms with Gasteiger partial charge in [-0.05, 0) is 37.8 Å². The third-order valence-corrected chi connectivity index (χ3v) is 3.52. The number of rotatable bonds is 6. The minimum absolute atomic E-state index is 0.346. The van der Waals surface area contributed by atoms with Gasteiger partial charge in [0, 0.05) is 22.8 Å². The average molecular weight is 277 g/mol. The van der Waals surface area contributed by atoms with E-state index in [9.17, 15) is 0 Å². The highest BCUT2D eigenvalue weighted by Gasteiger charge is 2.05. The van der Waals surface area contributed by atoms with Crippen molar-refractivity contribution in [2.45, 2.75) is 26.6 Å². The van der Waals surface area contributed by atoms with E-state index in [0.29, 0.717) is 5.95 Å². The molecule has 0 aliphatic heterocycles. The molecule has 2 rings (SSSR count). The molecule has 0 bridgehead atoms. The molecule has 0 amide bonds. The van der Waals surface area contributed by atoms with Crippen molar-refractivity contribution in [3.63, 3.8) is 0 Å². The third-order valence-electron chi connectivity index (χ3n) is 2.58. The van der Waals surface area contributed by atoms with Gasteiger partial charge in [-0.3, -0.25) is 11.1 Å². The number of aryl methyl sites for hydroxylation is 2. The highest BCUT2D eigenvalue weighted by molar-refractivity contribution is 7.09. The van der Waals surface area contributed by atoms with Crippen LogP contribution in [0.2, 0.25) is 0 Å². The molecule has 0 aliphatic carbocycles. The number of hydrogen-bond donors (Lipinski definition) is 3. The van der Waals surface area contributed by atoms with Crippen molar-refractivity contribution in [3.05, 3.63) is 39.8 Å². The van der Waals surface area contributed by atoms with E-state index in [1.165, 1.54) is 4.88 Å². The molecular weight excluding hydrogens is 258 g/mol. The Hall–Kier alpha value is -1.50. The molecule has 0 fully saturated rings. The molecule has 2 heterocycles. The fourth-order valence-corrected chi connectivity index (χ4v) is 2.50. The molecule has 2 aromatic heterocycles. The molecule has 0 aromatic carbocycles. The van der Waals surface area contributed by atoms with Crippen LogP contribution < -0.4 is 16.4 Å². The van der Waals surface area contributed by atoms with Crippen molar-refractivity contribution in [3.8, 4) is 0 Å². The number of anilines is 1. The Morgan fingerprint density at radius 2 is 2.05 bits per heavy atom. The van der Waals surface area contributed by atoms with E-state index < -0.39 is 0 Å².